The Kier molecular flexibility index (Phi) is 6.70. The number of hydrogen-bond donors (Lipinski definition) is 0. The predicted octanol–water partition coefficient (Wildman–Crippen LogP) is 12.5. The molecule has 49 heavy (non-hydrogen) atoms. The van der Waals surface area contributed by atoms with Crippen LogP contribution in [-0.2, 0) is 0 Å². The summed E-state index contributed by atoms with van der Waals surface area (Å²) in [6.07, 6.45) is 6.03. The van der Waals surface area contributed by atoms with E-state index in [1.54, 1.807) is 0 Å². The van der Waals surface area contributed by atoms with Crippen molar-refractivity contribution in [2.24, 2.45) is 0 Å². The van der Waals surface area contributed by atoms with Crippen molar-refractivity contribution in [3.8, 4) is 17.1 Å². The third-order valence-corrected chi connectivity index (χ3v) is 10.2. The standard InChI is InChI=1S/C46H37N3/c1-5-6-13-36-31(4)47(42-17-10-7-14-37(36)42)34-24-26-40-41-27-25-35(49-43-18-11-8-15-38(43)39-16-9-12-19-44(39)49)29-46(41)48(45(40)28-34)33-22-20-32(21-23-33)30(2)3/h5-30H,1H2,2-4H3/b13-6-. The van der Waals surface area contributed by atoms with Gasteiger partial charge in [0.15, 0.2) is 0 Å². The number of rotatable bonds is 6. The first kappa shape index (κ1) is 29.1. The number of fused-ring (bicyclic) bond motifs is 7. The second-order valence-electron chi connectivity index (χ2n) is 13.3. The Labute approximate surface area is 286 Å². The van der Waals surface area contributed by atoms with Gasteiger partial charge in [-0.05, 0) is 73.0 Å². The third-order valence-electron chi connectivity index (χ3n) is 10.2. The molecule has 3 heterocycles. The average molecular weight is 632 g/mol. The van der Waals surface area contributed by atoms with E-state index in [1.807, 2.05) is 12.2 Å². The van der Waals surface area contributed by atoms with Gasteiger partial charge in [0.2, 0.25) is 0 Å². The highest BCUT2D eigenvalue weighted by Gasteiger charge is 2.19. The van der Waals surface area contributed by atoms with Gasteiger partial charge in [-0.1, -0.05) is 118 Å². The molecule has 0 aliphatic carbocycles. The molecule has 0 fully saturated rings. The molecule has 3 nitrogen and oxygen atoms in total. The summed E-state index contributed by atoms with van der Waals surface area (Å²) < 4.78 is 7.26. The van der Waals surface area contributed by atoms with Gasteiger partial charge in [0.25, 0.3) is 0 Å². The highest BCUT2D eigenvalue weighted by Crippen LogP contribution is 2.39. The molecule has 3 heteroatoms. The van der Waals surface area contributed by atoms with E-state index in [-0.39, 0.29) is 0 Å². The molecule has 0 aliphatic rings. The molecule has 9 aromatic rings. The van der Waals surface area contributed by atoms with E-state index >= 15 is 0 Å². The fourth-order valence-electron chi connectivity index (χ4n) is 7.86. The molecule has 0 saturated carbocycles. The van der Waals surface area contributed by atoms with Gasteiger partial charge in [-0.3, -0.25) is 0 Å². The van der Waals surface area contributed by atoms with Gasteiger partial charge in [-0.25, -0.2) is 0 Å². The number of para-hydroxylation sites is 3. The SMILES string of the molecule is C=C/C=C\c1c(C)n(-c2ccc3c4ccc(-n5c6ccccc6c6ccccc65)cc4n(-c4ccc(C(C)C)cc4)c3c2)c2ccccc12. The lowest BCUT2D eigenvalue weighted by atomic mass is 10.0. The van der Waals surface area contributed by atoms with E-state index in [4.69, 9.17) is 0 Å². The molecule has 0 spiro atoms. The van der Waals surface area contributed by atoms with Crippen LogP contribution in [0.3, 0.4) is 0 Å². The number of hydrogen-bond acceptors (Lipinski definition) is 0. The van der Waals surface area contributed by atoms with E-state index in [2.05, 4.69) is 181 Å². The van der Waals surface area contributed by atoms with Crippen molar-refractivity contribution >= 4 is 60.6 Å². The van der Waals surface area contributed by atoms with E-state index in [1.165, 1.54) is 71.3 Å². The minimum Gasteiger partial charge on any atom is -0.313 e. The van der Waals surface area contributed by atoms with E-state index in [9.17, 15) is 0 Å². The Morgan fingerprint density at radius 2 is 0.939 bits per heavy atom. The zero-order chi connectivity index (χ0) is 33.2. The minimum absolute atomic E-state index is 0.468. The highest BCUT2D eigenvalue weighted by atomic mass is 15.0. The van der Waals surface area contributed by atoms with Gasteiger partial charge >= 0.3 is 0 Å². The highest BCUT2D eigenvalue weighted by molar-refractivity contribution is 6.12. The summed E-state index contributed by atoms with van der Waals surface area (Å²) in [6.45, 7) is 10.6. The molecular weight excluding hydrogens is 595 g/mol. The van der Waals surface area contributed by atoms with Gasteiger partial charge in [0.05, 0.1) is 27.6 Å². The second-order valence-corrected chi connectivity index (χ2v) is 13.3. The first-order valence-corrected chi connectivity index (χ1v) is 17.1. The van der Waals surface area contributed by atoms with Gasteiger partial charge in [0.1, 0.15) is 0 Å². The molecular formula is C46H37N3. The quantitative estimate of drug-likeness (QED) is 0.162. The van der Waals surface area contributed by atoms with Crippen LogP contribution in [0.4, 0.5) is 0 Å². The number of aromatic nitrogens is 3. The van der Waals surface area contributed by atoms with Crippen molar-refractivity contribution in [3.05, 3.63) is 169 Å². The van der Waals surface area contributed by atoms with Crippen LogP contribution in [0.5, 0.6) is 0 Å². The smallest absolute Gasteiger partial charge is 0.0561 e. The molecule has 0 saturated heterocycles. The van der Waals surface area contributed by atoms with Crippen LogP contribution in [0.1, 0.15) is 36.6 Å². The van der Waals surface area contributed by atoms with E-state index in [0.29, 0.717) is 5.92 Å². The summed E-state index contributed by atoms with van der Waals surface area (Å²) in [7, 11) is 0. The summed E-state index contributed by atoms with van der Waals surface area (Å²) in [4.78, 5) is 0. The summed E-state index contributed by atoms with van der Waals surface area (Å²) in [5.74, 6) is 0.468. The summed E-state index contributed by atoms with van der Waals surface area (Å²) in [5, 5.41) is 6.25. The van der Waals surface area contributed by atoms with Gasteiger partial charge in [0, 0.05) is 55.3 Å². The van der Waals surface area contributed by atoms with Gasteiger partial charge in [-0.2, -0.15) is 0 Å². The van der Waals surface area contributed by atoms with Crippen LogP contribution in [0.25, 0.3) is 77.7 Å². The van der Waals surface area contributed by atoms with Crippen molar-refractivity contribution < 1.29 is 0 Å². The summed E-state index contributed by atoms with van der Waals surface area (Å²) in [6, 6.07) is 49.2. The maximum atomic E-state index is 3.91. The Hall–Kier alpha value is -6.06. The van der Waals surface area contributed by atoms with Crippen molar-refractivity contribution in [2.75, 3.05) is 0 Å². The zero-order valence-electron chi connectivity index (χ0n) is 28.1. The molecule has 0 radical (unpaired) electrons. The monoisotopic (exact) mass is 631 g/mol. The maximum absolute atomic E-state index is 3.91. The molecule has 0 N–H and O–H groups in total. The van der Waals surface area contributed by atoms with Gasteiger partial charge < -0.3 is 13.7 Å². The fraction of sp³-hybridized carbons (Fsp3) is 0.0870. The third kappa shape index (κ3) is 4.43. The van der Waals surface area contributed by atoms with Crippen LogP contribution in [0.15, 0.2) is 152 Å². The Balaban J connectivity index is 1.34. The van der Waals surface area contributed by atoms with Crippen LogP contribution in [0, 0.1) is 6.92 Å². The summed E-state index contributed by atoms with van der Waals surface area (Å²) >= 11 is 0. The maximum Gasteiger partial charge on any atom is 0.0561 e. The minimum atomic E-state index is 0.468. The van der Waals surface area contributed by atoms with Crippen molar-refractivity contribution in [2.45, 2.75) is 26.7 Å². The van der Waals surface area contributed by atoms with Crippen LogP contribution in [0.2, 0.25) is 0 Å². The fourth-order valence-corrected chi connectivity index (χ4v) is 7.86. The molecule has 0 atom stereocenters. The second kappa shape index (κ2) is 11.3. The first-order valence-electron chi connectivity index (χ1n) is 17.1. The topological polar surface area (TPSA) is 14.8 Å². The number of allylic oxidation sites excluding steroid dienone is 2. The lowest BCUT2D eigenvalue weighted by Crippen LogP contribution is -1.99. The van der Waals surface area contributed by atoms with Crippen LogP contribution in [-0.4, -0.2) is 13.7 Å². The van der Waals surface area contributed by atoms with E-state index in [0.717, 1.165) is 17.1 Å². The Morgan fingerprint density at radius 1 is 0.490 bits per heavy atom. The summed E-state index contributed by atoms with van der Waals surface area (Å²) in [5.41, 5.74) is 13.2. The lowest BCUT2D eigenvalue weighted by Gasteiger charge is -2.13. The van der Waals surface area contributed by atoms with Crippen molar-refractivity contribution in [1.82, 2.24) is 13.7 Å². The van der Waals surface area contributed by atoms with Crippen molar-refractivity contribution in [1.29, 1.82) is 0 Å². The van der Waals surface area contributed by atoms with Crippen LogP contribution < -0.4 is 0 Å². The van der Waals surface area contributed by atoms with E-state index < -0.39 is 0 Å². The molecule has 0 bridgehead atoms. The van der Waals surface area contributed by atoms with Crippen LogP contribution >= 0.6 is 0 Å². The molecule has 0 aliphatic heterocycles. The number of nitrogens with zero attached hydrogens (tertiary/aromatic N) is 3. The molecule has 9 rings (SSSR count). The van der Waals surface area contributed by atoms with Gasteiger partial charge in [-0.15, -0.1) is 0 Å². The average Bonchev–Trinajstić information content (AvgIpc) is 3.74. The molecule has 0 amide bonds. The predicted molar refractivity (Wildman–Crippen MR) is 210 cm³/mol. The first-order chi connectivity index (χ1) is 24.0. The molecule has 0 unspecified atom stereocenters. The van der Waals surface area contributed by atoms with Crippen molar-refractivity contribution in [3.63, 3.8) is 0 Å². The molecule has 236 valence electrons. The lowest BCUT2D eigenvalue weighted by molar-refractivity contribution is 0.866. The largest absolute Gasteiger partial charge is 0.313 e. The molecule has 3 aromatic heterocycles. The zero-order valence-corrected chi connectivity index (χ0v) is 28.1. The Morgan fingerprint density at radius 3 is 1.49 bits per heavy atom. The molecule has 6 aromatic carbocycles. The Bertz CT molecular complexity index is 2710. The normalized spacial score (nSPS) is 12.2. The number of benzene rings is 6.